The van der Waals surface area contributed by atoms with Crippen molar-refractivity contribution >= 4 is 11.6 Å². The standard InChI is InChI=1S/C12H15ClN2O/c1-2-5-15-6-7-16-11-4-3-10(9-14)12(13)8-11/h3-4,8,15H,2,5-7H2,1H3. The summed E-state index contributed by atoms with van der Waals surface area (Å²) in [5.74, 6) is 0.697. The van der Waals surface area contributed by atoms with Crippen LogP contribution in [0.3, 0.4) is 0 Å². The molecular weight excluding hydrogens is 224 g/mol. The number of nitrogens with zero attached hydrogens (tertiary/aromatic N) is 1. The highest BCUT2D eigenvalue weighted by Gasteiger charge is 2.01. The van der Waals surface area contributed by atoms with Gasteiger partial charge in [-0.1, -0.05) is 18.5 Å². The molecule has 1 rings (SSSR count). The summed E-state index contributed by atoms with van der Waals surface area (Å²) in [6, 6.07) is 7.09. The Morgan fingerprint density at radius 3 is 2.88 bits per heavy atom. The fraction of sp³-hybridized carbons (Fsp3) is 0.417. The van der Waals surface area contributed by atoms with Gasteiger partial charge in [0.1, 0.15) is 18.4 Å². The molecule has 0 saturated heterocycles. The van der Waals surface area contributed by atoms with E-state index in [1.165, 1.54) is 0 Å². The van der Waals surface area contributed by atoms with Gasteiger partial charge < -0.3 is 10.1 Å². The van der Waals surface area contributed by atoms with Gasteiger partial charge in [0.25, 0.3) is 0 Å². The van der Waals surface area contributed by atoms with E-state index >= 15 is 0 Å². The Balaban J connectivity index is 2.38. The zero-order valence-corrected chi connectivity index (χ0v) is 10.0. The monoisotopic (exact) mass is 238 g/mol. The molecule has 0 spiro atoms. The summed E-state index contributed by atoms with van der Waals surface area (Å²) < 4.78 is 5.48. The normalized spacial score (nSPS) is 9.81. The van der Waals surface area contributed by atoms with Gasteiger partial charge in [0, 0.05) is 12.6 Å². The van der Waals surface area contributed by atoms with Crippen molar-refractivity contribution in [3.05, 3.63) is 28.8 Å². The Labute approximate surface area is 101 Å². The van der Waals surface area contributed by atoms with Crippen molar-refractivity contribution in [3.63, 3.8) is 0 Å². The van der Waals surface area contributed by atoms with E-state index in [-0.39, 0.29) is 0 Å². The third kappa shape index (κ3) is 4.09. The van der Waals surface area contributed by atoms with Crippen LogP contribution in [0.5, 0.6) is 5.75 Å². The van der Waals surface area contributed by atoms with Crippen LogP contribution < -0.4 is 10.1 Å². The molecule has 0 amide bonds. The molecule has 1 N–H and O–H groups in total. The van der Waals surface area contributed by atoms with Crippen LogP contribution in [0.2, 0.25) is 5.02 Å². The molecular formula is C12H15ClN2O. The number of rotatable bonds is 6. The molecule has 0 unspecified atom stereocenters. The van der Waals surface area contributed by atoms with Gasteiger partial charge in [-0.15, -0.1) is 0 Å². The SMILES string of the molecule is CCCNCCOc1ccc(C#N)c(Cl)c1. The van der Waals surface area contributed by atoms with Gasteiger partial charge in [0.2, 0.25) is 0 Å². The number of nitriles is 1. The van der Waals surface area contributed by atoms with Gasteiger partial charge in [-0.05, 0) is 25.1 Å². The Kier molecular flexibility index (Phi) is 5.69. The topological polar surface area (TPSA) is 45.0 Å². The molecule has 0 aromatic heterocycles. The number of benzene rings is 1. The minimum atomic E-state index is 0.432. The fourth-order valence-corrected chi connectivity index (χ4v) is 1.43. The number of nitrogens with one attached hydrogen (secondary N) is 1. The molecule has 3 nitrogen and oxygen atoms in total. The second-order valence-electron chi connectivity index (χ2n) is 3.35. The molecule has 0 saturated carbocycles. The number of ether oxygens (including phenoxy) is 1. The molecule has 16 heavy (non-hydrogen) atoms. The van der Waals surface area contributed by atoms with E-state index in [9.17, 15) is 0 Å². The maximum Gasteiger partial charge on any atom is 0.120 e. The largest absolute Gasteiger partial charge is 0.492 e. The highest BCUT2D eigenvalue weighted by atomic mass is 35.5. The van der Waals surface area contributed by atoms with Crippen LogP contribution in [0, 0.1) is 11.3 Å². The van der Waals surface area contributed by atoms with Gasteiger partial charge in [-0.2, -0.15) is 5.26 Å². The molecule has 0 heterocycles. The van der Waals surface area contributed by atoms with Crippen LogP contribution in [0.4, 0.5) is 0 Å². The van der Waals surface area contributed by atoms with Crippen molar-refractivity contribution in [1.82, 2.24) is 5.32 Å². The lowest BCUT2D eigenvalue weighted by Crippen LogP contribution is -2.21. The third-order valence-electron chi connectivity index (χ3n) is 2.04. The predicted molar refractivity (Wildman–Crippen MR) is 64.8 cm³/mol. The molecule has 1 aromatic rings. The molecule has 0 aliphatic carbocycles. The number of hydrogen-bond donors (Lipinski definition) is 1. The maximum atomic E-state index is 8.70. The quantitative estimate of drug-likeness (QED) is 0.775. The van der Waals surface area contributed by atoms with Crippen molar-refractivity contribution in [1.29, 1.82) is 5.26 Å². The first kappa shape index (κ1) is 12.8. The van der Waals surface area contributed by atoms with Crippen molar-refractivity contribution < 1.29 is 4.74 Å². The predicted octanol–water partition coefficient (Wildman–Crippen LogP) is 2.59. The molecule has 0 atom stereocenters. The summed E-state index contributed by atoms with van der Waals surface area (Å²) in [6.07, 6.45) is 1.11. The summed E-state index contributed by atoms with van der Waals surface area (Å²) in [6.45, 7) is 4.53. The maximum absolute atomic E-state index is 8.70. The molecule has 1 aromatic carbocycles. The van der Waals surface area contributed by atoms with Crippen LogP contribution in [0.25, 0.3) is 0 Å². The third-order valence-corrected chi connectivity index (χ3v) is 2.35. The summed E-state index contributed by atoms with van der Waals surface area (Å²) >= 11 is 5.87. The molecule has 0 aliphatic heterocycles. The van der Waals surface area contributed by atoms with E-state index < -0.39 is 0 Å². The van der Waals surface area contributed by atoms with Crippen LogP contribution >= 0.6 is 11.6 Å². The average Bonchev–Trinajstić information content (AvgIpc) is 2.29. The molecule has 0 fully saturated rings. The fourth-order valence-electron chi connectivity index (χ4n) is 1.22. The Morgan fingerprint density at radius 2 is 2.25 bits per heavy atom. The van der Waals surface area contributed by atoms with E-state index in [0.29, 0.717) is 22.9 Å². The lowest BCUT2D eigenvalue weighted by atomic mass is 10.2. The second kappa shape index (κ2) is 7.10. The first-order chi connectivity index (χ1) is 7.77. The molecule has 0 aliphatic rings. The van der Waals surface area contributed by atoms with Crippen molar-refractivity contribution in [2.24, 2.45) is 0 Å². The van der Waals surface area contributed by atoms with Crippen LogP contribution in [0.1, 0.15) is 18.9 Å². The van der Waals surface area contributed by atoms with Crippen molar-refractivity contribution in [3.8, 4) is 11.8 Å². The van der Waals surface area contributed by atoms with E-state index in [1.54, 1.807) is 18.2 Å². The van der Waals surface area contributed by atoms with Crippen LogP contribution in [-0.2, 0) is 0 Å². The minimum Gasteiger partial charge on any atom is -0.492 e. The summed E-state index contributed by atoms with van der Waals surface area (Å²) in [5.41, 5.74) is 0.470. The zero-order valence-electron chi connectivity index (χ0n) is 9.29. The molecule has 4 heteroatoms. The Bertz CT molecular complexity index is 374. The van der Waals surface area contributed by atoms with Gasteiger partial charge in [-0.3, -0.25) is 0 Å². The van der Waals surface area contributed by atoms with E-state index in [4.69, 9.17) is 21.6 Å². The highest BCUT2D eigenvalue weighted by Crippen LogP contribution is 2.21. The van der Waals surface area contributed by atoms with Gasteiger partial charge in [-0.25, -0.2) is 0 Å². The molecule has 0 radical (unpaired) electrons. The molecule has 86 valence electrons. The zero-order chi connectivity index (χ0) is 11.8. The lowest BCUT2D eigenvalue weighted by Gasteiger charge is -2.07. The van der Waals surface area contributed by atoms with Gasteiger partial charge in [0.15, 0.2) is 0 Å². The van der Waals surface area contributed by atoms with E-state index in [1.807, 2.05) is 6.07 Å². The first-order valence-electron chi connectivity index (χ1n) is 5.31. The van der Waals surface area contributed by atoms with Gasteiger partial charge in [0.05, 0.1) is 10.6 Å². The minimum absolute atomic E-state index is 0.432. The van der Waals surface area contributed by atoms with Crippen LogP contribution in [-0.4, -0.2) is 19.7 Å². The average molecular weight is 239 g/mol. The first-order valence-corrected chi connectivity index (χ1v) is 5.69. The van der Waals surface area contributed by atoms with E-state index in [0.717, 1.165) is 19.5 Å². The molecule has 0 bridgehead atoms. The highest BCUT2D eigenvalue weighted by molar-refractivity contribution is 6.31. The Hall–Kier alpha value is -1.24. The lowest BCUT2D eigenvalue weighted by molar-refractivity contribution is 0.314. The summed E-state index contributed by atoms with van der Waals surface area (Å²) in [4.78, 5) is 0. The smallest absolute Gasteiger partial charge is 0.120 e. The summed E-state index contributed by atoms with van der Waals surface area (Å²) in [5, 5.41) is 12.4. The summed E-state index contributed by atoms with van der Waals surface area (Å²) in [7, 11) is 0. The van der Waals surface area contributed by atoms with Crippen molar-refractivity contribution in [2.45, 2.75) is 13.3 Å². The van der Waals surface area contributed by atoms with Crippen LogP contribution in [0.15, 0.2) is 18.2 Å². The second-order valence-corrected chi connectivity index (χ2v) is 3.76. The van der Waals surface area contributed by atoms with Crippen molar-refractivity contribution in [2.75, 3.05) is 19.7 Å². The van der Waals surface area contributed by atoms with E-state index in [2.05, 4.69) is 12.2 Å². The number of hydrogen-bond acceptors (Lipinski definition) is 3. The Morgan fingerprint density at radius 1 is 1.44 bits per heavy atom. The van der Waals surface area contributed by atoms with Gasteiger partial charge >= 0.3 is 0 Å². The number of halogens is 1.